The summed E-state index contributed by atoms with van der Waals surface area (Å²) in [7, 11) is 0. The van der Waals surface area contributed by atoms with Crippen molar-refractivity contribution in [3.63, 3.8) is 0 Å². The van der Waals surface area contributed by atoms with E-state index in [1.165, 1.54) is 23.0 Å². The normalized spacial score (nSPS) is 12.8. The van der Waals surface area contributed by atoms with Crippen LogP contribution in [0.5, 0.6) is 0 Å². The number of aryl methyl sites for hydroxylation is 1. The zero-order valence-electron chi connectivity index (χ0n) is 16.2. The summed E-state index contributed by atoms with van der Waals surface area (Å²) in [6.07, 6.45) is 1.36. The highest BCUT2D eigenvalue weighted by atomic mass is 35.5. The number of non-ortho nitro benzene ring substituents is 1. The Labute approximate surface area is 189 Å². The van der Waals surface area contributed by atoms with Crippen molar-refractivity contribution in [2.45, 2.75) is 6.92 Å². The van der Waals surface area contributed by atoms with Gasteiger partial charge in [0.2, 0.25) is 5.91 Å². The molecule has 0 saturated carbocycles. The molecule has 32 heavy (non-hydrogen) atoms. The molecule has 1 N–H and O–H groups in total. The molecule has 2 aromatic heterocycles. The maximum absolute atomic E-state index is 12.6. The van der Waals surface area contributed by atoms with E-state index in [1.54, 1.807) is 13.0 Å². The second-order valence-corrected chi connectivity index (χ2v) is 7.62. The van der Waals surface area contributed by atoms with Gasteiger partial charge in [-0.2, -0.15) is 9.78 Å². The van der Waals surface area contributed by atoms with Crippen molar-refractivity contribution in [2.24, 2.45) is 0 Å². The minimum atomic E-state index is -0.795. The monoisotopic (exact) mass is 474 g/mol. The number of carbonyl (C=O) groups excluding carboxylic acids is 3. The van der Waals surface area contributed by atoms with Crippen LogP contribution in [0.25, 0.3) is 5.82 Å². The van der Waals surface area contributed by atoms with Crippen LogP contribution >= 0.6 is 23.2 Å². The number of pyridine rings is 1. The molecule has 0 radical (unpaired) electrons. The molecule has 1 aromatic carbocycles. The van der Waals surface area contributed by atoms with E-state index in [9.17, 15) is 24.5 Å². The van der Waals surface area contributed by atoms with Crippen LogP contribution < -0.4 is 5.32 Å². The maximum Gasteiger partial charge on any atom is 0.270 e. The van der Waals surface area contributed by atoms with Crippen molar-refractivity contribution >= 4 is 52.4 Å². The van der Waals surface area contributed by atoms with E-state index >= 15 is 0 Å². The van der Waals surface area contributed by atoms with Crippen molar-refractivity contribution in [1.29, 1.82) is 0 Å². The Hall–Kier alpha value is -3.83. The summed E-state index contributed by atoms with van der Waals surface area (Å²) in [5.74, 6) is -1.79. The predicted octanol–water partition coefficient (Wildman–Crippen LogP) is 3.03. The molecule has 1 aliphatic heterocycles. The fourth-order valence-corrected chi connectivity index (χ4v) is 3.64. The first-order valence-corrected chi connectivity index (χ1v) is 9.74. The molecule has 11 nitrogen and oxygen atoms in total. The number of nitro benzene ring substituents is 1. The van der Waals surface area contributed by atoms with E-state index in [1.807, 2.05) is 0 Å². The van der Waals surface area contributed by atoms with E-state index in [0.717, 1.165) is 12.1 Å². The summed E-state index contributed by atoms with van der Waals surface area (Å²) in [6.45, 7) is 1.08. The molecule has 0 bridgehead atoms. The highest BCUT2D eigenvalue weighted by Crippen LogP contribution is 2.27. The Morgan fingerprint density at radius 1 is 1.16 bits per heavy atom. The third-order valence-electron chi connectivity index (χ3n) is 4.55. The average molecular weight is 475 g/mol. The quantitative estimate of drug-likeness (QED) is 0.340. The second-order valence-electron chi connectivity index (χ2n) is 6.77. The fourth-order valence-electron chi connectivity index (χ4n) is 3.18. The predicted molar refractivity (Wildman–Crippen MR) is 113 cm³/mol. The van der Waals surface area contributed by atoms with Gasteiger partial charge in [-0.1, -0.05) is 23.2 Å². The van der Waals surface area contributed by atoms with Gasteiger partial charge in [0, 0.05) is 24.4 Å². The smallest absolute Gasteiger partial charge is 0.270 e. The number of nitro groups is 1. The van der Waals surface area contributed by atoms with E-state index in [0.29, 0.717) is 15.6 Å². The molecule has 0 saturated heterocycles. The third-order valence-corrected chi connectivity index (χ3v) is 5.04. The van der Waals surface area contributed by atoms with Gasteiger partial charge in [-0.3, -0.25) is 29.4 Å². The van der Waals surface area contributed by atoms with Crippen LogP contribution in [0.1, 0.15) is 26.4 Å². The van der Waals surface area contributed by atoms with Crippen LogP contribution in [0.4, 0.5) is 11.5 Å². The van der Waals surface area contributed by atoms with Crippen LogP contribution in [0.3, 0.4) is 0 Å². The molecule has 0 fully saturated rings. The SMILES string of the molecule is Cc1cc(NC(=O)CN2C(=O)c3ccc([N+](=O)[O-])cc3C2=O)n(-c2ncc(Cl)cc2Cl)n1. The minimum absolute atomic E-state index is 0.00793. The summed E-state index contributed by atoms with van der Waals surface area (Å²) in [4.78, 5) is 52.9. The molecule has 3 heterocycles. The Morgan fingerprint density at radius 3 is 2.56 bits per heavy atom. The van der Waals surface area contributed by atoms with Gasteiger partial charge >= 0.3 is 0 Å². The first kappa shape index (κ1) is 21.4. The standard InChI is InChI=1S/C19H12Cl2N6O5/c1-9-4-15(26(24-9)17-14(21)5-10(20)7-22-17)23-16(28)8-25-18(29)12-3-2-11(27(31)32)6-13(12)19(25)30/h2-7H,8H2,1H3,(H,23,28). The van der Waals surface area contributed by atoms with Crippen LogP contribution in [0.15, 0.2) is 36.5 Å². The van der Waals surface area contributed by atoms with Crippen molar-refractivity contribution in [2.75, 3.05) is 11.9 Å². The largest absolute Gasteiger partial charge is 0.309 e. The van der Waals surface area contributed by atoms with Crippen LogP contribution in [0.2, 0.25) is 10.0 Å². The summed E-state index contributed by atoms with van der Waals surface area (Å²) in [5.41, 5.74) is 0.0746. The number of rotatable bonds is 5. The number of benzene rings is 1. The van der Waals surface area contributed by atoms with Gasteiger partial charge in [-0.05, 0) is 19.1 Å². The summed E-state index contributed by atoms with van der Waals surface area (Å²) in [6, 6.07) is 6.35. The number of imide groups is 1. The lowest BCUT2D eigenvalue weighted by Crippen LogP contribution is -2.37. The van der Waals surface area contributed by atoms with E-state index in [4.69, 9.17) is 23.2 Å². The number of anilines is 1. The lowest BCUT2D eigenvalue weighted by Gasteiger charge is -2.14. The Morgan fingerprint density at radius 2 is 1.88 bits per heavy atom. The van der Waals surface area contributed by atoms with Gasteiger partial charge in [0.15, 0.2) is 5.82 Å². The van der Waals surface area contributed by atoms with E-state index in [2.05, 4.69) is 15.4 Å². The average Bonchev–Trinajstić information content (AvgIpc) is 3.20. The molecule has 3 amide bonds. The number of halogens is 2. The van der Waals surface area contributed by atoms with E-state index in [-0.39, 0.29) is 33.5 Å². The molecule has 0 atom stereocenters. The van der Waals surface area contributed by atoms with Crippen LogP contribution in [-0.2, 0) is 4.79 Å². The molecule has 3 aromatic rings. The minimum Gasteiger partial charge on any atom is -0.309 e. The second kappa shape index (κ2) is 8.02. The fraction of sp³-hybridized carbons (Fsp3) is 0.105. The number of nitrogens with zero attached hydrogens (tertiary/aromatic N) is 5. The van der Waals surface area contributed by atoms with Gasteiger partial charge in [0.25, 0.3) is 17.5 Å². The number of aromatic nitrogens is 3. The Kier molecular flexibility index (Phi) is 5.36. The molecular formula is C19H12Cl2N6O5. The number of amides is 3. The molecule has 1 aliphatic rings. The van der Waals surface area contributed by atoms with Gasteiger partial charge in [-0.15, -0.1) is 0 Å². The van der Waals surface area contributed by atoms with Crippen molar-refractivity contribution in [3.05, 3.63) is 73.5 Å². The Bertz CT molecular complexity index is 1320. The number of hydrogen-bond donors (Lipinski definition) is 1. The highest BCUT2D eigenvalue weighted by Gasteiger charge is 2.38. The number of carbonyl (C=O) groups is 3. The lowest BCUT2D eigenvalue weighted by atomic mass is 10.1. The first-order valence-electron chi connectivity index (χ1n) is 8.98. The topological polar surface area (TPSA) is 140 Å². The van der Waals surface area contributed by atoms with Crippen molar-refractivity contribution in [3.8, 4) is 5.82 Å². The zero-order valence-corrected chi connectivity index (χ0v) is 17.7. The molecule has 0 spiro atoms. The van der Waals surface area contributed by atoms with Gasteiger partial charge in [0.05, 0.1) is 31.8 Å². The number of hydrogen-bond acceptors (Lipinski definition) is 7. The summed E-state index contributed by atoms with van der Waals surface area (Å²) in [5, 5.41) is 18.3. The molecule has 0 aliphatic carbocycles. The molecular weight excluding hydrogens is 463 g/mol. The van der Waals surface area contributed by atoms with Crippen molar-refractivity contribution in [1.82, 2.24) is 19.7 Å². The highest BCUT2D eigenvalue weighted by molar-refractivity contribution is 6.35. The number of fused-ring (bicyclic) bond motifs is 1. The number of nitrogens with one attached hydrogen (secondary N) is 1. The summed E-state index contributed by atoms with van der Waals surface area (Å²) < 4.78 is 1.29. The van der Waals surface area contributed by atoms with Crippen molar-refractivity contribution < 1.29 is 19.3 Å². The van der Waals surface area contributed by atoms with E-state index < -0.39 is 29.2 Å². The molecule has 0 unspecified atom stereocenters. The molecule has 13 heteroatoms. The summed E-state index contributed by atoms with van der Waals surface area (Å²) >= 11 is 12.0. The lowest BCUT2D eigenvalue weighted by molar-refractivity contribution is -0.384. The third kappa shape index (κ3) is 3.79. The first-order chi connectivity index (χ1) is 15.2. The maximum atomic E-state index is 12.6. The Balaban J connectivity index is 1.56. The molecule has 162 valence electrons. The van der Waals surface area contributed by atoms with Crippen LogP contribution in [0, 0.1) is 17.0 Å². The van der Waals surface area contributed by atoms with Crippen LogP contribution in [-0.4, -0.2) is 48.9 Å². The van der Waals surface area contributed by atoms with Gasteiger partial charge in [0.1, 0.15) is 12.4 Å². The van der Waals surface area contributed by atoms with Gasteiger partial charge in [-0.25, -0.2) is 4.98 Å². The van der Waals surface area contributed by atoms with Gasteiger partial charge < -0.3 is 5.32 Å². The molecule has 4 rings (SSSR count). The zero-order chi connectivity index (χ0) is 23.2.